The topological polar surface area (TPSA) is 104 Å². The van der Waals surface area contributed by atoms with E-state index >= 15 is 0 Å². The highest BCUT2D eigenvalue weighted by molar-refractivity contribution is 7.45. The maximum Gasteiger partial charge on any atom is 0.351 e. The average Bonchev–Trinajstić information content (AvgIpc) is 3.85. The molecule has 1 amide bonds. The summed E-state index contributed by atoms with van der Waals surface area (Å²) in [4.78, 5) is 29.8. The van der Waals surface area contributed by atoms with Crippen LogP contribution >= 0.6 is 8.53 Å². The molecule has 12 heteroatoms. The van der Waals surface area contributed by atoms with Crippen molar-refractivity contribution >= 4 is 38.7 Å². The van der Waals surface area contributed by atoms with Crippen LogP contribution < -0.4 is 21.4 Å². The average molecular weight is 677 g/mol. The van der Waals surface area contributed by atoms with Crippen molar-refractivity contribution in [2.45, 2.75) is 95.7 Å². The van der Waals surface area contributed by atoms with Gasteiger partial charge in [0.15, 0.2) is 6.23 Å². The van der Waals surface area contributed by atoms with Crippen molar-refractivity contribution in [1.82, 2.24) is 14.2 Å². The van der Waals surface area contributed by atoms with Gasteiger partial charge in [0.1, 0.15) is 31.7 Å². The molecule has 7 rings (SSSR count). The fourth-order valence-electron chi connectivity index (χ4n) is 7.62. The van der Waals surface area contributed by atoms with E-state index in [1.807, 2.05) is 6.92 Å². The first-order chi connectivity index (χ1) is 22.6. The fraction of sp³-hybridized carbons (Fsp3) is 0.514. The summed E-state index contributed by atoms with van der Waals surface area (Å²) in [5.41, 5.74) is -0.540. The molecule has 1 N–H and O–H groups in total. The highest BCUT2D eigenvalue weighted by atomic mass is 31.2. The van der Waals surface area contributed by atoms with E-state index in [2.05, 4.69) is 89.1 Å². The van der Waals surface area contributed by atoms with Crippen LogP contribution in [0.25, 0.3) is 0 Å². The number of aryl methyl sites for hydroxylation is 1. The van der Waals surface area contributed by atoms with E-state index in [1.165, 1.54) is 14.9 Å². The Morgan fingerprint density at radius 1 is 1.15 bits per heavy atom. The Morgan fingerprint density at radius 2 is 1.83 bits per heavy atom. The lowest BCUT2D eigenvalue weighted by Gasteiger charge is -2.32. The summed E-state index contributed by atoms with van der Waals surface area (Å²) in [5.74, 6) is -0.156. The zero-order valence-corrected chi connectivity index (χ0v) is 29.7. The van der Waals surface area contributed by atoms with Gasteiger partial charge in [0.25, 0.3) is 8.53 Å². The van der Waals surface area contributed by atoms with Gasteiger partial charge in [0, 0.05) is 30.3 Å². The van der Waals surface area contributed by atoms with E-state index in [-0.39, 0.29) is 23.7 Å². The molecule has 4 saturated heterocycles. The molecule has 2 aromatic carbocycles. The molecule has 0 saturated carbocycles. The zero-order valence-electron chi connectivity index (χ0n) is 27.8. The van der Waals surface area contributed by atoms with Gasteiger partial charge in [-0.1, -0.05) is 98.4 Å². The van der Waals surface area contributed by atoms with Gasteiger partial charge in [-0.05, 0) is 32.2 Å². The van der Waals surface area contributed by atoms with E-state index in [4.69, 9.17) is 18.5 Å². The summed E-state index contributed by atoms with van der Waals surface area (Å²) in [6, 6.07) is 23.1. The van der Waals surface area contributed by atoms with E-state index in [0.717, 1.165) is 25.4 Å². The van der Waals surface area contributed by atoms with Crippen molar-refractivity contribution in [1.29, 1.82) is 0 Å². The van der Waals surface area contributed by atoms with Crippen LogP contribution in [-0.2, 0) is 23.3 Å². The molecule has 0 radical (unpaired) electrons. The highest BCUT2D eigenvalue weighted by Crippen LogP contribution is 2.61. The molecule has 47 heavy (non-hydrogen) atoms. The third-order valence-corrected chi connectivity index (χ3v) is 16.7. The second-order valence-corrected chi connectivity index (χ2v) is 19.5. The van der Waals surface area contributed by atoms with Gasteiger partial charge >= 0.3 is 5.69 Å². The quantitative estimate of drug-likeness (QED) is 0.246. The molecule has 4 aliphatic heterocycles. The van der Waals surface area contributed by atoms with E-state index in [9.17, 15) is 9.59 Å². The Hall–Kier alpha value is -2.76. The molecule has 3 aromatic rings. The van der Waals surface area contributed by atoms with E-state index < -0.39 is 46.3 Å². The van der Waals surface area contributed by atoms with Gasteiger partial charge in [0.05, 0.1) is 12.7 Å². The molecule has 1 aromatic heterocycles. The SMILES string of the molecule is CC[C@]12CO[C@@H](C1O[P@]1O[C@@H](C[Si](C)(c3ccccc3)c3ccccc3)[C@H]3CCCN31)[C@H](n1cc(C)c(NC(=O)C(C)C)nc1=O)O2. The van der Waals surface area contributed by atoms with Crippen LogP contribution in [0.2, 0.25) is 12.6 Å². The van der Waals surface area contributed by atoms with Gasteiger partial charge < -0.3 is 23.8 Å². The monoisotopic (exact) mass is 676 g/mol. The predicted octanol–water partition coefficient (Wildman–Crippen LogP) is 4.59. The number of hydrogen-bond donors (Lipinski definition) is 1. The molecule has 5 heterocycles. The maximum absolute atomic E-state index is 13.3. The van der Waals surface area contributed by atoms with Crippen LogP contribution in [0.4, 0.5) is 5.82 Å². The van der Waals surface area contributed by atoms with Crippen molar-refractivity contribution < 1.29 is 23.3 Å². The number of nitrogens with one attached hydrogen (secondary N) is 1. The minimum Gasteiger partial charge on any atom is -0.368 e. The number of carbonyl (C=O) groups excluding carboxylic acids is 1. The third-order valence-electron chi connectivity index (χ3n) is 10.5. The normalized spacial score (nSPS) is 30.3. The Labute approximate surface area is 278 Å². The molecule has 2 bridgehead atoms. The van der Waals surface area contributed by atoms with Crippen molar-refractivity contribution in [3.63, 3.8) is 0 Å². The van der Waals surface area contributed by atoms with Crippen molar-refractivity contribution in [2.24, 2.45) is 5.92 Å². The van der Waals surface area contributed by atoms with Crippen LogP contribution in [0, 0.1) is 12.8 Å². The number of fused-ring (bicyclic) bond motifs is 3. The number of aromatic nitrogens is 2. The number of rotatable bonds is 10. The second-order valence-electron chi connectivity index (χ2n) is 13.9. The number of nitrogens with zero attached hydrogens (tertiary/aromatic N) is 3. The first kappa shape index (κ1) is 32.8. The number of anilines is 1. The predicted molar refractivity (Wildman–Crippen MR) is 185 cm³/mol. The minimum absolute atomic E-state index is 0.0537. The molecule has 4 aliphatic rings. The second kappa shape index (κ2) is 12.9. The Kier molecular flexibility index (Phi) is 9.01. The Balaban J connectivity index is 1.13. The van der Waals surface area contributed by atoms with Crippen LogP contribution in [0.5, 0.6) is 0 Å². The Bertz CT molecular complexity index is 1620. The largest absolute Gasteiger partial charge is 0.368 e. The van der Waals surface area contributed by atoms with Crippen LogP contribution in [0.15, 0.2) is 71.7 Å². The first-order valence-electron chi connectivity index (χ1n) is 16.8. The molecular formula is C35H45N4O6PSi. The van der Waals surface area contributed by atoms with E-state index in [1.54, 1.807) is 20.0 Å². The summed E-state index contributed by atoms with van der Waals surface area (Å²) in [6.45, 7) is 11.3. The number of amides is 1. The number of ether oxygens (including phenoxy) is 2. The summed E-state index contributed by atoms with van der Waals surface area (Å²) >= 11 is 0. The maximum atomic E-state index is 13.3. The van der Waals surface area contributed by atoms with Gasteiger partial charge in [-0.2, -0.15) is 4.98 Å². The highest BCUT2D eigenvalue weighted by Gasteiger charge is 2.64. The lowest BCUT2D eigenvalue weighted by molar-refractivity contribution is -0.175. The van der Waals surface area contributed by atoms with Crippen LogP contribution in [-0.4, -0.2) is 71.3 Å². The zero-order chi connectivity index (χ0) is 32.9. The lowest BCUT2D eigenvalue weighted by atomic mass is 9.96. The molecule has 250 valence electrons. The summed E-state index contributed by atoms with van der Waals surface area (Å²) < 4.78 is 30.9. The fourth-order valence-corrected chi connectivity index (χ4v) is 13.6. The first-order valence-corrected chi connectivity index (χ1v) is 20.7. The number of carbonyl (C=O) groups is 1. The third kappa shape index (κ3) is 5.84. The van der Waals surface area contributed by atoms with Gasteiger partial charge in [-0.25, -0.2) is 9.46 Å². The molecule has 4 fully saturated rings. The van der Waals surface area contributed by atoms with Crippen LogP contribution in [0.3, 0.4) is 0 Å². The molecule has 0 spiro atoms. The van der Waals surface area contributed by atoms with Gasteiger partial charge in [0.2, 0.25) is 5.91 Å². The minimum atomic E-state index is -2.14. The lowest BCUT2D eigenvalue weighted by Crippen LogP contribution is -2.58. The summed E-state index contributed by atoms with van der Waals surface area (Å²) in [5, 5.41) is 5.58. The molecule has 1 unspecified atom stereocenters. The summed E-state index contributed by atoms with van der Waals surface area (Å²) in [6.07, 6.45) is 3.02. The van der Waals surface area contributed by atoms with Gasteiger partial charge in [-0.3, -0.25) is 9.36 Å². The Morgan fingerprint density at radius 3 is 2.47 bits per heavy atom. The standard InChI is InChI=1S/C35H45N4O6PSi/c1-6-35-22-42-29(33(43-35)38-20-24(4)31(37-34(38)41)36-32(40)23(2)3)30(35)45-46-39-19-13-18-27(39)28(44-46)21-47(5,25-14-9-7-10-15-25)26-16-11-8-12-17-26/h7-12,14-17,20,23,27-30,33H,6,13,18-19,21-22H2,1-5H3,(H,36,37,40,41)/t27-,28+,29+,30?,33-,35+,46+/m1/s1. The molecule has 0 aliphatic carbocycles. The van der Waals surface area contributed by atoms with Crippen molar-refractivity contribution in [3.05, 3.63) is 82.9 Å². The van der Waals surface area contributed by atoms with E-state index in [0.29, 0.717) is 24.6 Å². The summed E-state index contributed by atoms with van der Waals surface area (Å²) in [7, 11) is -3.50. The van der Waals surface area contributed by atoms with Gasteiger partial charge in [-0.15, -0.1) is 0 Å². The molecule has 10 nitrogen and oxygen atoms in total. The van der Waals surface area contributed by atoms with Crippen LogP contribution in [0.1, 0.15) is 51.8 Å². The molecule has 7 atom stereocenters. The van der Waals surface area contributed by atoms with Crippen molar-refractivity contribution in [3.8, 4) is 0 Å². The number of benzene rings is 2. The number of hydrogen-bond acceptors (Lipinski definition) is 8. The smallest absolute Gasteiger partial charge is 0.351 e. The van der Waals surface area contributed by atoms with Crippen molar-refractivity contribution in [2.75, 3.05) is 18.5 Å². The molecular weight excluding hydrogens is 631 g/mol.